The summed E-state index contributed by atoms with van der Waals surface area (Å²) in [5, 5.41) is 5.52. The quantitative estimate of drug-likeness (QED) is 0.807. The number of aryl methyl sites for hydroxylation is 1. The molecule has 8 heteroatoms. The van der Waals surface area contributed by atoms with Crippen molar-refractivity contribution in [1.29, 1.82) is 0 Å². The molecule has 0 bridgehead atoms. The van der Waals surface area contributed by atoms with Gasteiger partial charge in [-0.1, -0.05) is 0 Å². The molecule has 0 radical (unpaired) electrons. The zero-order valence-electron chi connectivity index (χ0n) is 17.1. The maximum Gasteiger partial charge on any atom is 0.319 e. The van der Waals surface area contributed by atoms with Crippen molar-refractivity contribution in [1.82, 2.24) is 15.3 Å². The third-order valence-electron chi connectivity index (χ3n) is 5.93. The van der Waals surface area contributed by atoms with Crippen molar-refractivity contribution in [3.63, 3.8) is 0 Å². The fourth-order valence-electron chi connectivity index (χ4n) is 4.17. The van der Waals surface area contributed by atoms with E-state index in [1.807, 2.05) is 0 Å². The number of benzene rings is 1. The van der Waals surface area contributed by atoms with Crippen molar-refractivity contribution in [3.8, 4) is 11.4 Å². The number of fused-ring (bicyclic) bond motifs is 1. The Hall–Kier alpha value is -2.74. The van der Waals surface area contributed by atoms with Gasteiger partial charge in [-0.15, -0.1) is 0 Å². The van der Waals surface area contributed by atoms with Crippen molar-refractivity contribution in [2.75, 3.05) is 30.0 Å². The molecule has 1 aromatic carbocycles. The van der Waals surface area contributed by atoms with Crippen LogP contribution in [-0.2, 0) is 17.6 Å². The summed E-state index contributed by atoms with van der Waals surface area (Å²) in [7, 11) is 0. The lowest BCUT2D eigenvalue weighted by molar-refractivity contribution is 0.0984. The first-order valence-corrected chi connectivity index (χ1v) is 10.7. The van der Waals surface area contributed by atoms with Crippen LogP contribution in [0.15, 0.2) is 18.2 Å². The number of morpholine rings is 1. The number of nitrogens with one attached hydrogen (secondary N) is 2. The van der Waals surface area contributed by atoms with E-state index in [2.05, 4.69) is 22.5 Å². The molecule has 1 aromatic heterocycles. The van der Waals surface area contributed by atoms with Crippen molar-refractivity contribution < 1.29 is 13.9 Å². The number of halogens is 1. The second-order valence-electron chi connectivity index (χ2n) is 8.33. The minimum atomic E-state index is -0.446. The minimum absolute atomic E-state index is 0.215. The number of carbonyl (C=O) groups is 1. The molecule has 1 saturated carbocycles. The van der Waals surface area contributed by atoms with Gasteiger partial charge in [-0.25, -0.2) is 19.2 Å². The second-order valence-corrected chi connectivity index (χ2v) is 8.33. The van der Waals surface area contributed by atoms with Gasteiger partial charge in [0.25, 0.3) is 0 Å². The molecule has 0 unspecified atom stereocenters. The third-order valence-corrected chi connectivity index (χ3v) is 5.93. The van der Waals surface area contributed by atoms with Gasteiger partial charge < -0.3 is 20.3 Å². The fraction of sp³-hybridized carbons (Fsp3) is 0.500. The SMILES string of the molecule is C[C@H]1COCCN1c1nc(-c2ccc(NC(=O)NC3CC3)cc2F)nc2c1CCC2. The zero-order valence-corrected chi connectivity index (χ0v) is 17.1. The molecule has 1 saturated heterocycles. The van der Waals surface area contributed by atoms with Gasteiger partial charge in [0.2, 0.25) is 0 Å². The van der Waals surface area contributed by atoms with E-state index >= 15 is 0 Å². The lowest BCUT2D eigenvalue weighted by Crippen LogP contribution is -2.44. The molecule has 1 atom stereocenters. The minimum Gasteiger partial charge on any atom is -0.377 e. The van der Waals surface area contributed by atoms with E-state index in [1.54, 1.807) is 12.1 Å². The number of amides is 2. The number of urea groups is 1. The number of hydrogen-bond acceptors (Lipinski definition) is 5. The standard InChI is InChI=1S/C22H26FN5O2/c1-13-12-30-10-9-28(13)21-17-3-2-4-19(17)26-20(27-21)16-8-7-15(11-18(16)23)25-22(29)24-14-5-6-14/h7-8,11,13-14H,2-6,9-10,12H2,1H3,(H2,24,25,29)/t13-/m0/s1. The molecule has 0 spiro atoms. The van der Waals surface area contributed by atoms with Gasteiger partial charge in [0, 0.05) is 29.5 Å². The van der Waals surface area contributed by atoms with Crippen LogP contribution in [0, 0.1) is 5.82 Å². The summed E-state index contributed by atoms with van der Waals surface area (Å²) in [6, 6.07) is 4.82. The zero-order chi connectivity index (χ0) is 20.7. The number of hydrogen-bond donors (Lipinski definition) is 2. The lowest BCUT2D eigenvalue weighted by atomic mass is 10.1. The molecule has 5 rings (SSSR count). The summed E-state index contributed by atoms with van der Waals surface area (Å²) < 4.78 is 20.6. The molecule has 2 fully saturated rings. The van der Waals surface area contributed by atoms with Crippen LogP contribution in [0.5, 0.6) is 0 Å². The van der Waals surface area contributed by atoms with Crippen LogP contribution < -0.4 is 15.5 Å². The fourth-order valence-corrected chi connectivity index (χ4v) is 4.17. The predicted molar refractivity (Wildman–Crippen MR) is 112 cm³/mol. The van der Waals surface area contributed by atoms with Crippen LogP contribution in [0.1, 0.15) is 37.4 Å². The summed E-state index contributed by atoms with van der Waals surface area (Å²) in [4.78, 5) is 23.7. The molecular formula is C22H26FN5O2. The van der Waals surface area contributed by atoms with E-state index < -0.39 is 5.82 Å². The third kappa shape index (κ3) is 3.84. The molecule has 2 amide bonds. The van der Waals surface area contributed by atoms with Gasteiger partial charge in [-0.05, 0) is 57.2 Å². The summed E-state index contributed by atoms with van der Waals surface area (Å²) in [6.07, 6.45) is 4.89. The first-order chi connectivity index (χ1) is 14.6. The Balaban J connectivity index is 1.45. The molecule has 158 valence electrons. The Bertz CT molecular complexity index is 978. The van der Waals surface area contributed by atoms with Crippen LogP contribution in [-0.4, -0.2) is 47.8 Å². The van der Waals surface area contributed by atoms with E-state index in [4.69, 9.17) is 14.7 Å². The molecule has 2 aliphatic carbocycles. The van der Waals surface area contributed by atoms with E-state index in [1.165, 1.54) is 11.6 Å². The maximum absolute atomic E-state index is 15.0. The van der Waals surface area contributed by atoms with Crippen molar-refractivity contribution in [2.45, 2.75) is 51.1 Å². The Morgan fingerprint density at radius 1 is 1.27 bits per heavy atom. The predicted octanol–water partition coefficient (Wildman–Crippen LogP) is 3.28. The average molecular weight is 411 g/mol. The number of anilines is 2. The highest BCUT2D eigenvalue weighted by molar-refractivity contribution is 5.90. The van der Waals surface area contributed by atoms with E-state index in [0.717, 1.165) is 50.2 Å². The van der Waals surface area contributed by atoms with Crippen LogP contribution in [0.2, 0.25) is 0 Å². The van der Waals surface area contributed by atoms with Gasteiger partial charge in [-0.2, -0.15) is 0 Å². The molecule has 2 heterocycles. The van der Waals surface area contributed by atoms with E-state index in [0.29, 0.717) is 30.3 Å². The van der Waals surface area contributed by atoms with Gasteiger partial charge in [0.05, 0.1) is 24.8 Å². The lowest BCUT2D eigenvalue weighted by Gasteiger charge is -2.35. The van der Waals surface area contributed by atoms with Crippen molar-refractivity contribution >= 4 is 17.5 Å². The summed E-state index contributed by atoms with van der Waals surface area (Å²) >= 11 is 0. The number of rotatable bonds is 4. The molecule has 7 nitrogen and oxygen atoms in total. The Morgan fingerprint density at radius 3 is 2.90 bits per heavy atom. The van der Waals surface area contributed by atoms with Crippen LogP contribution in [0.4, 0.5) is 20.7 Å². The van der Waals surface area contributed by atoms with Crippen molar-refractivity contribution in [2.24, 2.45) is 0 Å². The normalized spacial score (nSPS) is 20.7. The van der Waals surface area contributed by atoms with Gasteiger partial charge >= 0.3 is 6.03 Å². The van der Waals surface area contributed by atoms with E-state index in [-0.39, 0.29) is 18.1 Å². The largest absolute Gasteiger partial charge is 0.377 e. The van der Waals surface area contributed by atoms with E-state index in [9.17, 15) is 9.18 Å². The molecule has 2 aromatic rings. The topological polar surface area (TPSA) is 79.4 Å². The highest BCUT2D eigenvalue weighted by atomic mass is 19.1. The summed E-state index contributed by atoms with van der Waals surface area (Å²) in [5.41, 5.74) is 2.96. The Morgan fingerprint density at radius 2 is 2.13 bits per heavy atom. The monoisotopic (exact) mass is 411 g/mol. The maximum atomic E-state index is 15.0. The molecule has 2 N–H and O–H groups in total. The van der Waals surface area contributed by atoms with Gasteiger partial charge in [-0.3, -0.25) is 0 Å². The van der Waals surface area contributed by atoms with Gasteiger partial charge in [0.15, 0.2) is 5.82 Å². The molecule has 1 aliphatic heterocycles. The number of carbonyl (C=O) groups excluding carboxylic acids is 1. The molecular weight excluding hydrogens is 385 g/mol. The molecule has 3 aliphatic rings. The van der Waals surface area contributed by atoms with Crippen LogP contribution in [0.3, 0.4) is 0 Å². The second kappa shape index (κ2) is 7.83. The Kier molecular flexibility index (Phi) is 5.02. The first kappa shape index (κ1) is 19.2. The van der Waals surface area contributed by atoms with Crippen LogP contribution >= 0.6 is 0 Å². The molecule has 30 heavy (non-hydrogen) atoms. The Labute approximate surface area is 175 Å². The number of aromatic nitrogens is 2. The number of ether oxygens (including phenoxy) is 1. The smallest absolute Gasteiger partial charge is 0.319 e. The average Bonchev–Trinajstić information content (AvgIpc) is 3.40. The number of nitrogens with zero attached hydrogens (tertiary/aromatic N) is 3. The summed E-state index contributed by atoms with van der Waals surface area (Å²) in [5.74, 6) is 0.864. The first-order valence-electron chi connectivity index (χ1n) is 10.7. The van der Waals surface area contributed by atoms with Gasteiger partial charge in [0.1, 0.15) is 11.6 Å². The van der Waals surface area contributed by atoms with Crippen LogP contribution in [0.25, 0.3) is 11.4 Å². The summed E-state index contributed by atoms with van der Waals surface area (Å²) in [6.45, 7) is 4.21. The van der Waals surface area contributed by atoms with Crippen molar-refractivity contribution in [3.05, 3.63) is 35.3 Å². The highest BCUT2D eigenvalue weighted by Crippen LogP contribution is 2.34. The highest BCUT2D eigenvalue weighted by Gasteiger charge is 2.28.